The summed E-state index contributed by atoms with van der Waals surface area (Å²) in [5.41, 5.74) is 2.61. The normalized spacial score (nSPS) is 15.1. The molecule has 0 bridgehead atoms. The number of ether oxygens (including phenoxy) is 1. The number of carbonyl (C=O) groups excluding carboxylic acids is 1. The zero-order valence-corrected chi connectivity index (χ0v) is 21.1. The van der Waals surface area contributed by atoms with Crippen LogP contribution in [0.25, 0.3) is 11.0 Å². The van der Waals surface area contributed by atoms with Gasteiger partial charge in [-0.1, -0.05) is 41.9 Å². The molecule has 1 fully saturated rings. The maximum Gasteiger partial charge on any atom is 0.410 e. The van der Waals surface area contributed by atoms with Gasteiger partial charge in [0, 0.05) is 30.7 Å². The summed E-state index contributed by atoms with van der Waals surface area (Å²) in [6, 6.07) is 16.0. The highest BCUT2D eigenvalue weighted by atomic mass is 35.5. The first kappa shape index (κ1) is 24.4. The number of benzene rings is 2. The van der Waals surface area contributed by atoms with E-state index in [9.17, 15) is 9.59 Å². The topological polar surface area (TPSA) is 56.5 Å². The molecular weight excluding hydrogens is 450 g/mol. The number of hydrogen-bond donors (Lipinski definition) is 0. The number of unbranched alkanes of at least 4 members (excludes halogenated alkanes) is 1. The number of nitrogens with zero attached hydrogens (tertiary/aromatic N) is 3. The van der Waals surface area contributed by atoms with E-state index in [2.05, 4.69) is 6.07 Å². The number of para-hydroxylation sites is 2. The standard InChI is InChI=1S/C27H34ClN3O3/c1-27(2,3)34-26(33)29-18-15-21(16-19-29)31-24-14-7-6-13-23(24)30(25(31)32)17-9-8-11-20-10-4-5-12-22(20)28/h4-7,10,12-14,21H,8-9,11,15-19H2,1-3H3. The number of aryl methyl sites for hydroxylation is 2. The lowest BCUT2D eigenvalue weighted by atomic mass is 10.0. The largest absolute Gasteiger partial charge is 0.444 e. The first-order valence-corrected chi connectivity index (χ1v) is 12.5. The van der Waals surface area contributed by atoms with Crippen LogP contribution in [0.3, 0.4) is 0 Å². The van der Waals surface area contributed by atoms with Gasteiger partial charge in [0.25, 0.3) is 0 Å². The van der Waals surface area contributed by atoms with Crippen LogP contribution in [0.15, 0.2) is 53.3 Å². The fraction of sp³-hybridized carbons (Fsp3) is 0.481. The molecule has 0 atom stereocenters. The molecule has 0 spiro atoms. The van der Waals surface area contributed by atoms with Crippen LogP contribution in [-0.4, -0.2) is 38.8 Å². The van der Waals surface area contributed by atoms with E-state index in [4.69, 9.17) is 16.3 Å². The Morgan fingerprint density at radius 2 is 1.65 bits per heavy atom. The van der Waals surface area contributed by atoms with E-state index in [-0.39, 0.29) is 17.8 Å². The third kappa shape index (κ3) is 5.49. The fourth-order valence-electron chi connectivity index (χ4n) is 4.72. The van der Waals surface area contributed by atoms with E-state index in [1.54, 1.807) is 4.90 Å². The van der Waals surface area contributed by atoms with Crippen molar-refractivity contribution in [1.29, 1.82) is 0 Å². The number of amides is 1. The van der Waals surface area contributed by atoms with Crippen molar-refractivity contribution in [3.63, 3.8) is 0 Å². The predicted molar refractivity (Wildman–Crippen MR) is 137 cm³/mol. The van der Waals surface area contributed by atoms with E-state index >= 15 is 0 Å². The molecule has 3 aromatic rings. The molecule has 6 nitrogen and oxygen atoms in total. The molecule has 182 valence electrons. The molecule has 2 aromatic carbocycles. The number of hydrogen-bond acceptors (Lipinski definition) is 3. The second-order valence-corrected chi connectivity index (χ2v) is 10.4. The summed E-state index contributed by atoms with van der Waals surface area (Å²) in [6.45, 7) is 7.47. The molecule has 0 N–H and O–H groups in total. The van der Waals surface area contributed by atoms with E-state index in [0.717, 1.165) is 53.7 Å². The number of rotatable bonds is 6. The van der Waals surface area contributed by atoms with Crippen molar-refractivity contribution in [3.05, 3.63) is 69.6 Å². The van der Waals surface area contributed by atoms with Crippen LogP contribution in [0.1, 0.15) is 58.1 Å². The maximum atomic E-state index is 13.5. The van der Waals surface area contributed by atoms with Crippen LogP contribution >= 0.6 is 11.6 Å². The Morgan fingerprint density at radius 1 is 1.00 bits per heavy atom. The van der Waals surface area contributed by atoms with Crippen LogP contribution in [0, 0.1) is 0 Å². The van der Waals surface area contributed by atoms with Crippen LogP contribution in [0.4, 0.5) is 4.79 Å². The van der Waals surface area contributed by atoms with Gasteiger partial charge in [0.05, 0.1) is 11.0 Å². The third-order valence-corrected chi connectivity index (χ3v) is 6.75. The summed E-state index contributed by atoms with van der Waals surface area (Å²) >= 11 is 6.28. The Bertz CT molecular complexity index is 1200. The number of piperidine rings is 1. The molecule has 1 aromatic heterocycles. The Kier molecular flexibility index (Phi) is 7.36. The van der Waals surface area contributed by atoms with Gasteiger partial charge >= 0.3 is 11.8 Å². The number of aromatic nitrogens is 2. The smallest absolute Gasteiger partial charge is 0.410 e. The average Bonchev–Trinajstić information content (AvgIpc) is 3.08. The monoisotopic (exact) mass is 483 g/mol. The number of fused-ring (bicyclic) bond motifs is 1. The molecule has 1 aliphatic heterocycles. The van der Waals surface area contributed by atoms with Gasteiger partial charge in [0.1, 0.15) is 5.60 Å². The van der Waals surface area contributed by atoms with Crippen molar-refractivity contribution in [2.24, 2.45) is 0 Å². The highest BCUT2D eigenvalue weighted by Gasteiger charge is 2.29. The summed E-state index contributed by atoms with van der Waals surface area (Å²) in [6.07, 6.45) is 3.95. The predicted octanol–water partition coefficient (Wildman–Crippen LogP) is 6.05. The number of carbonyl (C=O) groups is 1. The molecule has 0 aliphatic carbocycles. The molecule has 0 unspecified atom stereocenters. The molecule has 1 amide bonds. The molecule has 0 radical (unpaired) electrons. The van der Waals surface area contributed by atoms with Gasteiger partial charge in [0.2, 0.25) is 0 Å². The highest BCUT2D eigenvalue weighted by Crippen LogP contribution is 2.27. The summed E-state index contributed by atoms with van der Waals surface area (Å²) in [5, 5.41) is 0.800. The Morgan fingerprint density at radius 3 is 2.32 bits per heavy atom. The molecule has 34 heavy (non-hydrogen) atoms. The number of likely N-dealkylation sites (tertiary alicyclic amines) is 1. The van der Waals surface area contributed by atoms with Gasteiger partial charge < -0.3 is 9.64 Å². The minimum atomic E-state index is -0.510. The van der Waals surface area contributed by atoms with Crippen molar-refractivity contribution >= 4 is 28.7 Å². The Labute approximate surface area is 206 Å². The van der Waals surface area contributed by atoms with E-state index < -0.39 is 5.60 Å². The minimum absolute atomic E-state index is 0.0367. The lowest BCUT2D eigenvalue weighted by Crippen LogP contribution is -2.43. The van der Waals surface area contributed by atoms with Crippen molar-refractivity contribution in [3.8, 4) is 0 Å². The van der Waals surface area contributed by atoms with E-state index in [0.29, 0.717) is 19.6 Å². The molecule has 7 heteroatoms. The van der Waals surface area contributed by atoms with Gasteiger partial charge in [-0.05, 0) is 76.6 Å². The average molecular weight is 484 g/mol. The van der Waals surface area contributed by atoms with Crippen LogP contribution < -0.4 is 5.69 Å². The van der Waals surface area contributed by atoms with Gasteiger partial charge in [-0.25, -0.2) is 9.59 Å². The van der Waals surface area contributed by atoms with Crippen LogP contribution in [0.5, 0.6) is 0 Å². The summed E-state index contributed by atoms with van der Waals surface area (Å²) in [5.74, 6) is 0. The quantitative estimate of drug-likeness (QED) is 0.401. The van der Waals surface area contributed by atoms with E-state index in [1.165, 1.54) is 0 Å². The summed E-state index contributed by atoms with van der Waals surface area (Å²) in [4.78, 5) is 27.7. The van der Waals surface area contributed by atoms with Crippen LogP contribution in [0.2, 0.25) is 5.02 Å². The zero-order valence-electron chi connectivity index (χ0n) is 20.3. The lowest BCUT2D eigenvalue weighted by molar-refractivity contribution is 0.0188. The van der Waals surface area contributed by atoms with Gasteiger partial charge in [0.15, 0.2) is 0 Å². The van der Waals surface area contributed by atoms with Crippen molar-refractivity contribution < 1.29 is 9.53 Å². The zero-order chi connectivity index (χ0) is 24.3. The maximum absolute atomic E-state index is 13.5. The number of imidazole rings is 1. The molecule has 1 saturated heterocycles. The first-order chi connectivity index (χ1) is 16.2. The van der Waals surface area contributed by atoms with E-state index in [1.807, 2.05) is 72.4 Å². The minimum Gasteiger partial charge on any atom is -0.444 e. The van der Waals surface area contributed by atoms with Gasteiger partial charge in [-0.2, -0.15) is 0 Å². The summed E-state index contributed by atoms with van der Waals surface area (Å²) < 4.78 is 9.36. The lowest BCUT2D eigenvalue weighted by Gasteiger charge is -2.33. The van der Waals surface area contributed by atoms with Crippen molar-refractivity contribution in [2.75, 3.05) is 13.1 Å². The van der Waals surface area contributed by atoms with Crippen molar-refractivity contribution in [1.82, 2.24) is 14.0 Å². The second kappa shape index (κ2) is 10.3. The first-order valence-electron chi connectivity index (χ1n) is 12.2. The van der Waals surface area contributed by atoms with Gasteiger partial charge in [-0.15, -0.1) is 0 Å². The number of halogens is 1. The molecule has 4 rings (SSSR count). The SMILES string of the molecule is CC(C)(C)OC(=O)N1CCC(n2c(=O)n(CCCCc3ccccc3Cl)c3ccccc32)CC1. The summed E-state index contributed by atoms with van der Waals surface area (Å²) in [7, 11) is 0. The fourth-order valence-corrected chi connectivity index (χ4v) is 4.95. The molecule has 0 saturated carbocycles. The molecule has 2 heterocycles. The molecular formula is C27H34ClN3O3. The highest BCUT2D eigenvalue weighted by molar-refractivity contribution is 6.31. The van der Waals surface area contributed by atoms with Crippen molar-refractivity contribution in [2.45, 2.75) is 71.1 Å². The van der Waals surface area contributed by atoms with Gasteiger partial charge in [-0.3, -0.25) is 9.13 Å². The second-order valence-electron chi connectivity index (χ2n) is 10.0. The Hall–Kier alpha value is -2.73. The Balaban J connectivity index is 1.45. The van der Waals surface area contributed by atoms with Crippen LogP contribution in [-0.2, 0) is 17.7 Å². The third-order valence-electron chi connectivity index (χ3n) is 6.39. The molecule has 1 aliphatic rings.